The van der Waals surface area contributed by atoms with Crippen LogP contribution in [0.4, 0.5) is 0 Å². The maximum atomic E-state index is 4.99. The highest BCUT2D eigenvalue weighted by Gasteiger charge is 2.17. The molecule has 0 aliphatic carbocycles. The van der Waals surface area contributed by atoms with Crippen molar-refractivity contribution in [1.82, 2.24) is 19.9 Å². The second kappa shape index (κ2) is 13.3. The van der Waals surface area contributed by atoms with Gasteiger partial charge in [0, 0.05) is 34.0 Å². The molecule has 7 rings (SSSR count). The molecule has 0 atom stereocenters. The predicted molar refractivity (Wildman–Crippen MR) is 208 cm³/mol. The Morgan fingerprint density at radius 1 is 0.320 bits per heavy atom. The normalized spacial score (nSPS) is 11.8. The third kappa shape index (κ3) is 7.16. The Hall–Kier alpha value is -5.74. The van der Waals surface area contributed by atoms with E-state index in [9.17, 15) is 0 Å². The fourth-order valence-electron chi connectivity index (χ4n) is 6.01. The third-order valence-electron chi connectivity index (χ3n) is 9.18. The maximum Gasteiger partial charge on any atom is 0.164 e. The standard InChI is InChI=1S/C46H42N4/c1-45(2,3)39-25-20-36(21-26-39)43-48-42(49-44(50-43)37-22-27-40(28-23-37)46(4,5)6)35-18-14-33(15-19-35)32-12-16-34(17-13-32)41-29-24-38(30-47-41)31-10-8-7-9-11-31/h7-30H,1-6H3. The average molecular weight is 651 g/mol. The maximum absolute atomic E-state index is 4.99. The van der Waals surface area contributed by atoms with Gasteiger partial charge in [-0.25, -0.2) is 15.0 Å². The van der Waals surface area contributed by atoms with Crippen LogP contribution in [0.1, 0.15) is 52.7 Å². The van der Waals surface area contributed by atoms with Crippen molar-refractivity contribution in [3.63, 3.8) is 0 Å². The highest BCUT2D eigenvalue weighted by Crippen LogP contribution is 2.31. The Labute approximate surface area is 296 Å². The number of hydrogen-bond acceptors (Lipinski definition) is 4. The van der Waals surface area contributed by atoms with E-state index in [-0.39, 0.29) is 10.8 Å². The number of aromatic nitrogens is 4. The lowest BCUT2D eigenvalue weighted by atomic mass is 9.86. The van der Waals surface area contributed by atoms with Crippen molar-refractivity contribution in [3.8, 4) is 67.7 Å². The van der Waals surface area contributed by atoms with Crippen molar-refractivity contribution in [1.29, 1.82) is 0 Å². The van der Waals surface area contributed by atoms with Crippen LogP contribution in [-0.2, 0) is 10.8 Å². The summed E-state index contributed by atoms with van der Waals surface area (Å²) >= 11 is 0. The first kappa shape index (κ1) is 32.8. The molecule has 5 aromatic carbocycles. The lowest BCUT2D eigenvalue weighted by Crippen LogP contribution is -2.10. The summed E-state index contributed by atoms with van der Waals surface area (Å²) in [6.07, 6.45) is 1.94. The van der Waals surface area contributed by atoms with Gasteiger partial charge in [-0.3, -0.25) is 4.98 Å². The molecule has 0 saturated heterocycles. The summed E-state index contributed by atoms with van der Waals surface area (Å²) in [6.45, 7) is 13.3. The molecule has 0 bridgehead atoms. The molecule has 0 aliphatic heterocycles. The van der Waals surface area contributed by atoms with Gasteiger partial charge < -0.3 is 0 Å². The molecule has 0 amide bonds. The molecule has 246 valence electrons. The Kier molecular flexibility index (Phi) is 8.71. The topological polar surface area (TPSA) is 51.6 Å². The van der Waals surface area contributed by atoms with Crippen LogP contribution in [0, 0.1) is 0 Å². The van der Waals surface area contributed by atoms with Crippen molar-refractivity contribution in [2.24, 2.45) is 0 Å². The molecule has 4 nitrogen and oxygen atoms in total. The molecule has 50 heavy (non-hydrogen) atoms. The molecule has 0 N–H and O–H groups in total. The largest absolute Gasteiger partial charge is 0.256 e. The molecule has 7 aromatic rings. The van der Waals surface area contributed by atoms with Gasteiger partial charge in [-0.05, 0) is 44.7 Å². The molecule has 4 heteroatoms. The molecule has 2 heterocycles. The van der Waals surface area contributed by atoms with Crippen molar-refractivity contribution < 1.29 is 0 Å². The van der Waals surface area contributed by atoms with Gasteiger partial charge in [0.25, 0.3) is 0 Å². The minimum absolute atomic E-state index is 0.0653. The second-order valence-electron chi connectivity index (χ2n) is 14.9. The van der Waals surface area contributed by atoms with Gasteiger partial charge in [-0.15, -0.1) is 0 Å². The minimum Gasteiger partial charge on any atom is -0.256 e. The van der Waals surface area contributed by atoms with Crippen LogP contribution in [0.5, 0.6) is 0 Å². The summed E-state index contributed by atoms with van der Waals surface area (Å²) in [4.78, 5) is 19.7. The predicted octanol–water partition coefficient (Wildman–Crippen LogP) is 11.9. The fraction of sp³-hybridized carbons (Fsp3) is 0.174. The zero-order valence-corrected chi connectivity index (χ0v) is 29.6. The van der Waals surface area contributed by atoms with Crippen LogP contribution in [0.25, 0.3) is 67.7 Å². The first-order valence-electron chi connectivity index (χ1n) is 17.2. The number of benzene rings is 5. The van der Waals surface area contributed by atoms with Crippen LogP contribution < -0.4 is 0 Å². The van der Waals surface area contributed by atoms with E-state index < -0.39 is 0 Å². The summed E-state index contributed by atoms with van der Waals surface area (Å²) in [7, 11) is 0. The number of pyridine rings is 1. The SMILES string of the molecule is CC(C)(C)c1ccc(-c2nc(-c3ccc(-c4ccc(-c5ccc(-c6ccccc6)cn5)cc4)cc3)nc(-c3ccc(C(C)(C)C)cc3)n2)cc1. The number of rotatable bonds is 6. The van der Waals surface area contributed by atoms with E-state index in [0.29, 0.717) is 17.5 Å². The zero-order chi connectivity index (χ0) is 34.9. The molecule has 0 radical (unpaired) electrons. The van der Waals surface area contributed by atoms with Crippen LogP contribution in [-0.4, -0.2) is 19.9 Å². The Morgan fingerprint density at radius 3 is 1.04 bits per heavy atom. The van der Waals surface area contributed by atoms with Gasteiger partial charge in [0.2, 0.25) is 0 Å². The quantitative estimate of drug-likeness (QED) is 0.180. The van der Waals surface area contributed by atoms with E-state index >= 15 is 0 Å². The molecule has 0 spiro atoms. The minimum atomic E-state index is 0.0653. The van der Waals surface area contributed by atoms with Crippen LogP contribution in [0.3, 0.4) is 0 Å². The van der Waals surface area contributed by atoms with Crippen molar-refractivity contribution in [2.75, 3.05) is 0 Å². The van der Waals surface area contributed by atoms with E-state index in [2.05, 4.69) is 163 Å². The van der Waals surface area contributed by atoms with E-state index in [4.69, 9.17) is 19.9 Å². The van der Waals surface area contributed by atoms with E-state index in [1.54, 1.807) is 0 Å². The van der Waals surface area contributed by atoms with Crippen molar-refractivity contribution in [3.05, 3.63) is 157 Å². The lowest BCUT2D eigenvalue weighted by molar-refractivity contribution is 0.590. The molecular formula is C46H42N4. The van der Waals surface area contributed by atoms with E-state index in [0.717, 1.165) is 44.6 Å². The second-order valence-corrected chi connectivity index (χ2v) is 14.9. The van der Waals surface area contributed by atoms with Crippen LogP contribution >= 0.6 is 0 Å². The highest BCUT2D eigenvalue weighted by atomic mass is 15.0. The Morgan fingerprint density at radius 2 is 0.660 bits per heavy atom. The van der Waals surface area contributed by atoms with E-state index in [1.165, 1.54) is 16.7 Å². The van der Waals surface area contributed by atoms with Gasteiger partial charge in [-0.2, -0.15) is 0 Å². The molecular weight excluding hydrogens is 609 g/mol. The Bertz CT molecular complexity index is 2130. The summed E-state index contributed by atoms with van der Waals surface area (Å²) < 4.78 is 0. The van der Waals surface area contributed by atoms with Gasteiger partial charge >= 0.3 is 0 Å². The average Bonchev–Trinajstić information content (AvgIpc) is 3.15. The van der Waals surface area contributed by atoms with Crippen molar-refractivity contribution in [2.45, 2.75) is 52.4 Å². The molecule has 0 aliphatic rings. The molecule has 0 saturated carbocycles. The monoisotopic (exact) mass is 650 g/mol. The van der Waals surface area contributed by atoms with Gasteiger partial charge in [0.1, 0.15) is 0 Å². The third-order valence-corrected chi connectivity index (χ3v) is 9.18. The van der Waals surface area contributed by atoms with Gasteiger partial charge in [0.15, 0.2) is 17.5 Å². The zero-order valence-electron chi connectivity index (χ0n) is 29.6. The van der Waals surface area contributed by atoms with Crippen LogP contribution in [0.15, 0.2) is 146 Å². The molecule has 0 fully saturated rings. The number of nitrogens with zero attached hydrogens (tertiary/aromatic N) is 4. The van der Waals surface area contributed by atoms with Gasteiger partial charge in [-0.1, -0.05) is 175 Å². The summed E-state index contributed by atoms with van der Waals surface area (Å²) in [5, 5.41) is 0. The summed E-state index contributed by atoms with van der Waals surface area (Å²) in [5.74, 6) is 1.97. The Balaban J connectivity index is 1.18. The smallest absolute Gasteiger partial charge is 0.164 e. The number of hydrogen-bond donors (Lipinski definition) is 0. The molecule has 2 aromatic heterocycles. The highest BCUT2D eigenvalue weighted by molar-refractivity contribution is 5.73. The van der Waals surface area contributed by atoms with Crippen LogP contribution in [0.2, 0.25) is 0 Å². The molecule has 0 unspecified atom stereocenters. The van der Waals surface area contributed by atoms with E-state index in [1.807, 2.05) is 24.4 Å². The first-order valence-corrected chi connectivity index (χ1v) is 17.2. The van der Waals surface area contributed by atoms with Gasteiger partial charge in [0.05, 0.1) is 5.69 Å². The lowest BCUT2D eigenvalue weighted by Gasteiger charge is -2.19. The summed E-state index contributed by atoms with van der Waals surface area (Å²) in [6, 6.07) is 48.7. The fourth-order valence-corrected chi connectivity index (χ4v) is 6.01. The first-order chi connectivity index (χ1) is 24.0. The summed E-state index contributed by atoms with van der Waals surface area (Å²) in [5.41, 5.74) is 12.1. The van der Waals surface area contributed by atoms with Crippen molar-refractivity contribution >= 4 is 0 Å².